The molecule has 0 heterocycles. The zero-order valence-electron chi connectivity index (χ0n) is 12.7. The quantitative estimate of drug-likeness (QED) is 0.257. The summed E-state index contributed by atoms with van der Waals surface area (Å²) in [6.07, 6.45) is 3.79. The maximum Gasteiger partial charge on any atom is 0.355 e. The predicted octanol–water partition coefficient (Wildman–Crippen LogP) is 2.93. The van der Waals surface area contributed by atoms with Gasteiger partial charge in [0.1, 0.15) is 0 Å². The van der Waals surface area contributed by atoms with Crippen LogP contribution in [0.3, 0.4) is 0 Å². The van der Waals surface area contributed by atoms with Crippen molar-refractivity contribution in [2.24, 2.45) is 0 Å². The third kappa shape index (κ3) is 11.8. The van der Waals surface area contributed by atoms with Crippen LogP contribution in [-0.4, -0.2) is 32.3 Å². The molecule has 1 amide bonds. The number of carbonyl (C=O) groups excluding carboxylic acids is 1. The smallest absolute Gasteiger partial charge is 0.355 e. The molecule has 0 bridgehead atoms. The summed E-state index contributed by atoms with van der Waals surface area (Å²) in [6, 6.07) is 0. The molecule has 0 saturated carbocycles. The highest BCUT2D eigenvalue weighted by Gasteiger charge is 2.23. The molecule has 0 aromatic heterocycles. The molecule has 1 N–H and O–H groups in total. The van der Waals surface area contributed by atoms with E-state index in [1.54, 1.807) is 0 Å². The maximum atomic E-state index is 10.7. The zero-order valence-corrected chi connectivity index (χ0v) is 14.4. The van der Waals surface area contributed by atoms with Crippen LogP contribution in [-0.2, 0) is 35.2 Å². The van der Waals surface area contributed by atoms with Crippen molar-refractivity contribution in [2.45, 2.75) is 52.6 Å². The highest BCUT2D eigenvalue weighted by molar-refractivity contribution is 8.07. The number of hydrogen-bond donors (Lipinski definition) is 1. The first-order valence-corrected chi connectivity index (χ1v) is 9.35. The fraction of sp³-hybridized carbons (Fsp3) is 0.917. The number of nitrogens with one attached hydrogen (secondary N) is 1. The van der Waals surface area contributed by atoms with E-state index in [1.807, 2.05) is 13.8 Å². The van der Waals surface area contributed by atoms with Gasteiger partial charge in [0.2, 0.25) is 5.91 Å². The molecule has 0 aromatic rings. The molecular weight excluding hydrogens is 301 g/mol. The van der Waals surface area contributed by atoms with Crippen molar-refractivity contribution in [3.8, 4) is 0 Å². The monoisotopic (exact) mass is 327 g/mol. The Hall–Kier alpha value is -0.0400. The standard InChI is InChI=1S/C12H26NO5PS/c1-11(2)17-19(20,18-15-4)16-10-8-6-5-7-9-13-12(3)14/h11H,5-10H2,1-4H3,(H,13,14). The van der Waals surface area contributed by atoms with Gasteiger partial charge in [0, 0.05) is 13.5 Å². The molecule has 0 spiro atoms. The van der Waals surface area contributed by atoms with Crippen LogP contribution in [0.2, 0.25) is 0 Å². The van der Waals surface area contributed by atoms with Gasteiger partial charge < -0.3 is 14.4 Å². The number of rotatable bonds is 12. The van der Waals surface area contributed by atoms with Crippen molar-refractivity contribution in [3.63, 3.8) is 0 Å². The summed E-state index contributed by atoms with van der Waals surface area (Å²) in [5.74, 6) is 0.0107. The lowest BCUT2D eigenvalue weighted by atomic mass is 10.2. The van der Waals surface area contributed by atoms with E-state index in [2.05, 4.69) is 10.2 Å². The summed E-state index contributed by atoms with van der Waals surface area (Å²) in [5, 5.41) is 2.76. The molecule has 1 atom stereocenters. The molecule has 0 radical (unpaired) electrons. The van der Waals surface area contributed by atoms with Gasteiger partial charge in [-0.05, 0) is 38.5 Å². The molecule has 0 rings (SSSR count). The van der Waals surface area contributed by atoms with Crippen molar-refractivity contribution in [1.29, 1.82) is 0 Å². The van der Waals surface area contributed by atoms with Gasteiger partial charge >= 0.3 is 6.72 Å². The van der Waals surface area contributed by atoms with E-state index in [1.165, 1.54) is 14.0 Å². The van der Waals surface area contributed by atoms with Crippen LogP contribution in [0.15, 0.2) is 0 Å². The zero-order chi connectivity index (χ0) is 15.4. The van der Waals surface area contributed by atoms with E-state index in [9.17, 15) is 4.79 Å². The minimum Gasteiger partial charge on any atom is -0.356 e. The summed E-state index contributed by atoms with van der Waals surface area (Å²) in [4.78, 5) is 15.3. The van der Waals surface area contributed by atoms with Crippen molar-refractivity contribution in [3.05, 3.63) is 0 Å². The molecule has 0 aromatic carbocycles. The van der Waals surface area contributed by atoms with E-state index >= 15 is 0 Å². The predicted molar refractivity (Wildman–Crippen MR) is 81.7 cm³/mol. The van der Waals surface area contributed by atoms with E-state index in [4.69, 9.17) is 25.5 Å². The molecule has 20 heavy (non-hydrogen) atoms. The molecule has 120 valence electrons. The summed E-state index contributed by atoms with van der Waals surface area (Å²) < 4.78 is 15.9. The Balaban J connectivity index is 3.69. The first kappa shape index (κ1) is 20.0. The Morgan fingerprint density at radius 3 is 2.45 bits per heavy atom. The molecule has 0 aliphatic rings. The number of unbranched alkanes of at least 4 members (excludes halogenated alkanes) is 3. The summed E-state index contributed by atoms with van der Waals surface area (Å²) in [6.45, 7) is 3.66. The molecular formula is C12H26NO5PS. The molecule has 0 saturated heterocycles. The van der Waals surface area contributed by atoms with Crippen molar-refractivity contribution in [2.75, 3.05) is 20.3 Å². The van der Waals surface area contributed by atoms with Crippen LogP contribution < -0.4 is 5.32 Å². The van der Waals surface area contributed by atoms with Gasteiger partial charge in [-0.3, -0.25) is 4.79 Å². The average molecular weight is 327 g/mol. The summed E-state index contributed by atoms with van der Waals surface area (Å²) in [7, 11) is 1.39. The van der Waals surface area contributed by atoms with Crippen molar-refractivity contribution in [1.82, 2.24) is 5.32 Å². The second-order valence-corrected chi connectivity index (χ2v) is 7.43. The van der Waals surface area contributed by atoms with E-state index in [-0.39, 0.29) is 12.0 Å². The molecule has 0 aliphatic heterocycles. The van der Waals surface area contributed by atoms with Gasteiger partial charge in [-0.1, -0.05) is 12.8 Å². The van der Waals surface area contributed by atoms with Gasteiger partial charge in [-0.25, -0.2) is 4.89 Å². The van der Waals surface area contributed by atoms with Gasteiger partial charge in [0.25, 0.3) is 0 Å². The molecule has 1 unspecified atom stereocenters. The van der Waals surface area contributed by atoms with Gasteiger partial charge in [0.05, 0.1) is 19.8 Å². The van der Waals surface area contributed by atoms with Crippen LogP contribution in [0.5, 0.6) is 0 Å². The largest absolute Gasteiger partial charge is 0.356 e. The van der Waals surface area contributed by atoms with Gasteiger partial charge in [-0.15, -0.1) is 4.67 Å². The minimum absolute atomic E-state index is 0.0107. The van der Waals surface area contributed by atoms with Crippen molar-refractivity contribution < 1.29 is 23.4 Å². The third-order valence-corrected chi connectivity index (χ3v) is 4.47. The molecule has 0 fully saturated rings. The molecule has 6 nitrogen and oxygen atoms in total. The normalized spacial score (nSPS) is 14.2. The Kier molecular flexibility index (Phi) is 11.6. The van der Waals surface area contributed by atoms with E-state index in [0.29, 0.717) is 6.61 Å². The second-order valence-electron chi connectivity index (χ2n) is 4.57. The van der Waals surface area contributed by atoms with Crippen LogP contribution in [0.25, 0.3) is 0 Å². The number of carbonyl (C=O) groups is 1. The SMILES string of the molecule is COOP(=S)(OCCCCCCNC(C)=O)OC(C)C. The Bertz CT molecular complexity index is 314. The van der Waals surface area contributed by atoms with E-state index in [0.717, 1.165) is 32.2 Å². The van der Waals surface area contributed by atoms with E-state index < -0.39 is 6.72 Å². The Labute approximate surface area is 126 Å². The fourth-order valence-electron chi connectivity index (χ4n) is 1.44. The van der Waals surface area contributed by atoms with Crippen LogP contribution in [0.4, 0.5) is 0 Å². The highest BCUT2D eigenvalue weighted by atomic mass is 32.5. The van der Waals surface area contributed by atoms with Gasteiger partial charge in [0.15, 0.2) is 0 Å². The van der Waals surface area contributed by atoms with Crippen LogP contribution in [0, 0.1) is 0 Å². The van der Waals surface area contributed by atoms with Crippen LogP contribution >= 0.6 is 6.72 Å². The lowest BCUT2D eigenvalue weighted by Gasteiger charge is -2.21. The second kappa shape index (κ2) is 11.6. The van der Waals surface area contributed by atoms with Crippen molar-refractivity contribution >= 4 is 24.4 Å². The average Bonchev–Trinajstić information content (AvgIpc) is 2.31. The third-order valence-electron chi connectivity index (χ3n) is 2.20. The first-order valence-electron chi connectivity index (χ1n) is 6.79. The topological polar surface area (TPSA) is 66.0 Å². The minimum atomic E-state index is -2.80. The lowest BCUT2D eigenvalue weighted by Crippen LogP contribution is -2.20. The first-order chi connectivity index (χ1) is 9.39. The fourth-order valence-corrected chi connectivity index (χ4v) is 3.55. The Morgan fingerprint density at radius 2 is 1.90 bits per heavy atom. The molecule has 8 heteroatoms. The summed E-state index contributed by atoms with van der Waals surface area (Å²) >= 11 is 5.20. The highest BCUT2D eigenvalue weighted by Crippen LogP contribution is 2.51. The molecule has 0 aliphatic carbocycles. The maximum absolute atomic E-state index is 10.7. The summed E-state index contributed by atoms with van der Waals surface area (Å²) in [5.41, 5.74) is 0. The number of hydrogen-bond acceptors (Lipinski definition) is 6. The lowest BCUT2D eigenvalue weighted by molar-refractivity contribution is -0.193. The number of amides is 1. The van der Waals surface area contributed by atoms with Gasteiger partial charge in [-0.2, -0.15) is 0 Å². The van der Waals surface area contributed by atoms with Crippen LogP contribution in [0.1, 0.15) is 46.5 Å². The Morgan fingerprint density at radius 1 is 1.25 bits per heavy atom.